The molecule has 1 atom stereocenters. The second-order valence-corrected chi connectivity index (χ2v) is 10.1. The molecule has 0 saturated carbocycles. The lowest BCUT2D eigenvalue weighted by Crippen LogP contribution is -2.29. The minimum absolute atomic E-state index is 0.0416. The van der Waals surface area contributed by atoms with Crippen molar-refractivity contribution in [2.45, 2.75) is 19.9 Å². The molecule has 9 nitrogen and oxygen atoms in total. The molecule has 204 valence electrons. The van der Waals surface area contributed by atoms with Gasteiger partial charge in [0, 0.05) is 5.56 Å². The fourth-order valence-corrected chi connectivity index (χ4v) is 5.88. The average Bonchev–Trinajstić information content (AvgIpc) is 3.50. The zero-order valence-electron chi connectivity index (χ0n) is 21.9. The molecule has 0 radical (unpaired) electrons. The fraction of sp³-hybridized carbons (Fsp3) is 0.233. The van der Waals surface area contributed by atoms with Crippen molar-refractivity contribution in [3.63, 3.8) is 0 Å². The molecule has 10 heteroatoms. The summed E-state index contributed by atoms with van der Waals surface area (Å²) in [5, 5.41) is 11.8. The number of amides is 1. The van der Waals surface area contributed by atoms with Gasteiger partial charge >= 0.3 is 5.91 Å². The van der Waals surface area contributed by atoms with Gasteiger partial charge < -0.3 is 24.1 Å². The zero-order valence-corrected chi connectivity index (χ0v) is 22.7. The van der Waals surface area contributed by atoms with Crippen LogP contribution in [0.1, 0.15) is 31.0 Å². The number of anilines is 1. The normalized spacial score (nSPS) is 17.9. The maximum absolute atomic E-state index is 13.6. The molecule has 0 aliphatic carbocycles. The maximum Gasteiger partial charge on any atom is 0.301 e. The van der Waals surface area contributed by atoms with Crippen molar-refractivity contribution in [3.05, 3.63) is 77.4 Å². The highest BCUT2D eigenvalue weighted by molar-refractivity contribution is 7.22. The van der Waals surface area contributed by atoms with Crippen LogP contribution in [0.25, 0.3) is 16.0 Å². The molecule has 4 aromatic rings. The third kappa shape index (κ3) is 4.50. The first-order chi connectivity index (χ1) is 19.5. The Morgan fingerprint density at radius 2 is 1.65 bits per heavy atom. The second kappa shape index (κ2) is 10.5. The molecule has 3 heterocycles. The Morgan fingerprint density at radius 1 is 0.950 bits per heavy atom. The second-order valence-electron chi connectivity index (χ2n) is 9.09. The van der Waals surface area contributed by atoms with Gasteiger partial charge in [0.05, 0.1) is 35.0 Å². The lowest BCUT2D eigenvalue weighted by atomic mass is 9.95. The van der Waals surface area contributed by atoms with Crippen molar-refractivity contribution >= 4 is 44.1 Å². The topological polar surface area (TPSA) is 107 Å². The van der Waals surface area contributed by atoms with E-state index in [2.05, 4.69) is 4.98 Å². The number of carbonyl (C=O) groups is 2. The van der Waals surface area contributed by atoms with E-state index in [1.54, 1.807) is 42.5 Å². The van der Waals surface area contributed by atoms with Crippen molar-refractivity contribution < 1.29 is 33.6 Å². The Kier molecular flexibility index (Phi) is 6.77. The smallest absolute Gasteiger partial charge is 0.301 e. The monoisotopic (exact) mass is 558 g/mol. The number of thiazole rings is 1. The average molecular weight is 559 g/mol. The van der Waals surface area contributed by atoms with Gasteiger partial charge in [-0.3, -0.25) is 14.5 Å². The van der Waals surface area contributed by atoms with Gasteiger partial charge in [0.15, 0.2) is 16.6 Å². The molecule has 1 N–H and O–H groups in total. The molecule has 1 amide bonds. The van der Waals surface area contributed by atoms with Crippen LogP contribution in [0.15, 0.2) is 66.2 Å². The molecule has 2 aliphatic heterocycles. The number of aliphatic hydroxyl groups is 1. The van der Waals surface area contributed by atoms with Crippen molar-refractivity contribution in [3.8, 4) is 23.0 Å². The minimum Gasteiger partial charge on any atom is -0.507 e. The van der Waals surface area contributed by atoms with E-state index in [4.69, 9.17) is 18.9 Å². The zero-order chi connectivity index (χ0) is 27.8. The van der Waals surface area contributed by atoms with Gasteiger partial charge in [0.25, 0.3) is 5.78 Å². The Morgan fingerprint density at radius 3 is 2.40 bits per heavy atom. The molecule has 40 heavy (non-hydrogen) atoms. The van der Waals surface area contributed by atoms with E-state index >= 15 is 0 Å². The van der Waals surface area contributed by atoms with Crippen LogP contribution in [0.5, 0.6) is 23.0 Å². The van der Waals surface area contributed by atoms with Gasteiger partial charge in [-0.05, 0) is 67.9 Å². The van der Waals surface area contributed by atoms with E-state index in [1.807, 2.05) is 32.0 Å². The predicted octanol–water partition coefficient (Wildman–Crippen LogP) is 5.49. The quantitative estimate of drug-likeness (QED) is 0.180. The van der Waals surface area contributed by atoms with Gasteiger partial charge in [0.1, 0.15) is 30.5 Å². The summed E-state index contributed by atoms with van der Waals surface area (Å²) in [6.45, 7) is 5.60. The number of hydrogen-bond acceptors (Lipinski definition) is 9. The van der Waals surface area contributed by atoms with Gasteiger partial charge in [-0.1, -0.05) is 23.5 Å². The number of ether oxygens (including phenoxy) is 4. The summed E-state index contributed by atoms with van der Waals surface area (Å²) in [5.41, 5.74) is 1.59. The first-order valence-corrected chi connectivity index (χ1v) is 13.8. The lowest BCUT2D eigenvalue weighted by molar-refractivity contribution is -0.132. The molecule has 1 unspecified atom stereocenters. The molecule has 0 bridgehead atoms. The van der Waals surface area contributed by atoms with E-state index in [0.717, 1.165) is 4.70 Å². The van der Waals surface area contributed by atoms with Crippen molar-refractivity contribution in [1.82, 2.24) is 4.98 Å². The van der Waals surface area contributed by atoms with E-state index in [0.29, 0.717) is 71.2 Å². The SMILES string of the molecule is CCOc1ccc(C2/C(=C(/O)c3ccc4c(c3)OCCO4)C(=O)C(=O)N2c2nc3ccc(OCC)cc3s2)cc1. The summed E-state index contributed by atoms with van der Waals surface area (Å²) >= 11 is 1.27. The van der Waals surface area contributed by atoms with E-state index in [1.165, 1.54) is 16.2 Å². The first-order valence-electron chi connectivity index (χ1n) is 13.0. The summed E-state index contributed by atoms with van der Waals surface area (Å²) in [6, 6.07) is 16.6. The summed E-state index contributed by atoms with van der Waals surface area (Å²) in [5.74, 6) is 0.456. The van der Waals surface area contributed by atoms with Gasteiger partial charge in [-0.2, -0.15) is 0 Å². The molecule has 1 saturated heterocycles. The standard InChI is InChI=1S/C30H26N2O7S/c1-3-36-19-8-5-17(6-9-19)26-25(27(33)18-7-12-22-23(15-18)39-14-13-38-22)28(34)29(35)32(26)30-31-21-11-10-20(37-4-2)16-24(21)40-30/h5-12,15-16,26,33H,3-4,13-14H2,1-2H3/b27-25-. The molecule has 1 aromatic heterocycles. The van der Waals surface area contributed by atoms with Crippen LogP contribution in [-0.4, -0.2) is 48.2 Å². The summed E-state index contributed by atoms with van der Waals surface area (Å²) < 4.78 is 23.3. The van der Waals surface area contributed by atoms with Crippen LogP contribution in [0.4, 0.5) is 5.13 Å². The third-order valence-electron chi connectivity index (χ3n) is 6.63. The number of hydrogen-bond donors (Lipinski definition) is 1. The number of benzene rings is 3. The number of ketones is 1. The summed E-state index contributed by atoms with van der Waals surface area (Å²) in [6.07, 6.45) is 0. The predicted molar refractivity (Wildman–Crippen MR) is 151 cm³/mol. The molecular formula is C30H26N2O7S. The molecule has 1 fully saturated rings. The highest BCUT2D eigenvalue weighted by Gasteiger charge is 2.48. The maximum atomic E-state index is 13.6. The van der Waals surface area contributed by atoms with E-state index < -0.39 is 17.7 Å². The number of Topliss-reactive ketones (excluding diaryl/α,β-unsaturated/α-hetero) is 1. The van der Waals surface area contributed by atoms with Crippen LogP contribution < -0.4 is 23.8 Å². The molecule has 6 rings (SSSR count). The van der Waals surface area contributed by atoms with Gasteiger partial charge in [0.2, 0.25) is 0 Å². The number of aromatic nitrogens is 1. The van der Waals surface area contributed by atoms with Crippen LogP contribution in [0, 0.1) is 0 Å². The van der Waals surface area contributed by atoms with Crippen LogP contribution >= 0.6 is 11.3 Å². The molecule has 0 spiro atoms. The molecule has 2 aliphatic rings. The van der Waals surface area contributed by atoms with Crippen molar-refractivity contribution in [1.29, 1.82) is 0 Å². The van der Waals surface area contributed by atoms with Gasteiger partial charge in [-0.15, -0.1) is 0 Å². The molecule has 3 aromatic carbocycles. The Labute approximate surface area is 234 Å². The van der Waals surface area contributed by atoms with E-state index in [-0.39, 0.29) is 11.3 Å². The van der Waals surface area contributed by atoms with Crippen LogP contribution in [0.3, 0.4) is 0 Å². The number of carbonyl (C=O) groups excluding carboxylic acids is 2. The third-order valence-corrected chi connectivity index (χ3v) is 7.65. The Balaban J connectivity index is 1.49. The highest BCUT2D eigenvalue weighted by Crippen LogP contribution is 2.45. The van der Waals surface area contributed by atoms with Crippen LogP contribution in [-0.2, 0) is 9.59 Å². The first kappa shape index (κ1) is 25.7. The minimum atomic E-state index is -0.921. The summed E-state index contributed by atoms with van der Waals surface area (Å²) in [4.78, 5) is 33.2. The number of aliphatic hydroxyl groups excluding tert-OH is 1. The Hall–Kier alpha value is -4.57. The number of fused-ring (bicyclic) bond motifs is 2. The van der Waals surface area contributed by atoms with E-state index in [9.17, 15) is 14.7 Å². The van der Waals surface area contributed by atoms with Crippen molar-refractivity contribution in [2.24, 2.45) is 0 Å². The largest absolute Gasteiger partial charge is 0.507 e. The van der Waals surface area contributed by atoms with Crippen molar-refractivity contribution in [2.75, 3.05) is 31.3 Å². The summed E-state index contributed by atoms with van der Waals surface area (Å²) in [7, 11) is 0. The lowest BCUT2D eigenvalue weighted by Gasteiger charge is -2.23. The number of nitrogens with zero attached hydrogens (tertiary/aromatic N) is 2. The van der Waals surface area contributed by atoms with Gasteiger partial charge in [-0.25, -0.2) is 4.98 Å². The van der Waals surface area contributed by atoms with Crippen LogP contribution in [0.2, 0.25) is 0 Å². The Bertz CT molecular complexity index is 1640. The highest BCUT2D eigenvalue weighted by atomic mass is 32.1. The fourth-order valence-electron chi connectivity index (χ4n) is 4.86. The number of rotatable bonds is 7. The molecular weight excluding hydrogens is 532 g/mol.